The van der Waals surface area contributed by atoms with Crippen molar-refractivity contribution in [2.45, 2.75) is 44.3 Å². The summed E-state index contributed by atoms with van der Waals surface area (Å²) in [4.78, 5) is 31.1. The fourth-order valence-electron chi connectivity index (χ4n) is 6.83. The fourth-order valence-corrected chi connectivity index (χ4v) is 7.11. The largest absolute Gasteiger partial charge is 0.462 e. The van der Waals surface area contributed by atoms with E-state index in [0.717, 1.165) is 59.5 Å². The number of hydrogen-bond donors (Lipinski definition) is 1. The van der Waals surface area contributed by atoms with E-state index in [1.54, 1.807) is 7.05 Å². The quantitative estimate of drug-likeness (QED) is 0.341. The highest BCUT2D eigenvalue weighted by molar-refractivity contribution is 6.36. The predicted octanol–water partition coefficient (Wildman–Crippen LogP) is 4.32. The number of carbonyl (C=O) groups is 1. The molecule has 2 saturated heterocycles. The summed E-state index contributed by atoms with van der Waals surface area (Å²) in [6.07, 6.45) is 4.22. The number of halogens is 2. The van der Waals surface area contributed by atoms with Gasteiger partial charge in [0.05, 0.1) is 35.8 Å². The molecule has 2 atom stereocenters. The molecule has 0 spiro atoms. The number of fused-ring (bicyclic) bond motifs is 2. The van der Waals surface area contributed by atoms with E-state index in [0.29, 0.717) is 49.7 Å². The Bertz CT molecular complexity index is 1660. The first-order valence-corrected chi connectivity index (χ1v) is 16.3. The number of hydrogen-bond acceptors (Lipinski definition) is 9. The number of nitriles is 1. The van der Waals surface area contributed by atoms with Crippen LogP contribution in [0.1, 0.15) is 30.5 Å². The minimum Gasteiger partial charge on any atom is -0.462 e. The van der Waals surface area contributed by atoms with Gasteiger partial charge in [0.25, 0.3) is 5.91 Å². The van der Waals surface area contributed by atoms with Gasteiger partial charge in [-0.05, 0) is 63.5 Å². The lowest BCUT2D eigenvalue weighted by atomic mass is 10.0. The van der Waals surface area contributed by atoms with Crippen LogP contribution >= 0.6 is 11.6 Å². The number of benzene rings is 2. The first kappa shape index (κ1) is 32.0. The summed E-state index contributed by atoms with van der Waals surface area (Å²) in [5.74, 6) is -0.739. The van der Waals surface area contributed by atoms with Crippen LogP contribution in [-0.2, 0) is 17.8 Å². The molecular formula is C34H40ClFN8O2. The number of aromatic nitrogens is 2. The van der Waals surface area contributed by atoms with Crippen molar-refractivity contribution in [3.63, 3.8) is 0 Å². The van der Waals surface area contributed by atoms with E-state index in [1.807, 2.05) is 12.1 Å². The monoisotopic (exact) mass is 646 g/mol. The Morgan fingerprint density at radius 3 is 2.74 bits per heavy atom. The number of ether oxygens (including phenoxy) is 1. The zero-order valence-corrected chi connectivity index (χ0v) is 27.1. The fraction of sp³-hybridized carbons (Fsp3) is 0.471. The molecule has 0 radical (unpaired) electrons. The molecule has 0 unspecified atom stereocenters. The number of nitrogens with one attached hydrogen (secondary N) is 1. The van der Waals surface area contributed by atoms with E-state index in [9.17, 15) is 14.4 Å². The van der Waals surface area contributed by atoms with Crippen LogP contribution in [0.3, 0.4) is 0 Å². The van der Waals surface area contributed by atoms with Gasteiger partial charge in [-0.1, -0.05) is 35.9 Å². The van der Waals surface area contributed by atoms with E-state index in [1.165, 1.54) is 11.0 Å². The SMILES string of the molecule is CNC/C=C(/F)C(=O)N1CCN(c2nc(OC[C@@H]3CCCN3C)nc3c2CCN(c2cccc4cccc(Cl)c24)C3)C[C@@H]1CC#N. The molecule has 12 heteroatoms. The van der Waals surface area contributed by atoms with Crippen molar-refractivity contribution < 1.29 is 13.9 Å². The average molecular weight is 647 g/mol. The molecule has 1 N–H and O–H groups in total. The maximum absolute atomic E-state index is 14.7. The number of nitrogens with zero attached hydrogens (tertiary/aromatic N) is 7. The molecule has 3 aliphatic heterocycles. The second kappa shape index (κ2) is 14.2. The predicted molar refractivity (Wildman–Crippen MR) is 178 cm³/mol. The van der Waals surface area contributed by atoms with Crippen molar-refractivity contribution in [3.8, 4) is 12.1 Å². The summed E-state index contributed by atoms with van der Waals surface area (Å²) in [7, 11) is 3.80. The average Bonchev–Trinajstić information content (AvgIpc) is 3.49. The van der Waals surface area contributed by atoms with E-state index < -0.39 is 17.8 Å². The van der Waals surface area contributed by atoms with Gasteiger partial charge in [0.15, 0.2) is 5.83 Å². The molecule has 10 nitrogen and oxygen atoms in total. The van der Waals surface area contributed by atoms with Crippen LogP contribution in [0.15, 0.2) is 48.3 Å². The highest BCUT2D eigenvalue weighted by atomic mass is 35.5. The Morgan fingerprint density at radius 1 is 1.15 bits per heavy atom. The minimum atomic E-state index is -0.814. The molecule has 4 heterocycles. The molecule has 0 bridgehead atoms. The highest BCUT2D eigenvalue weighted by Crippen LogP contribution is 2.37. The van der Waals surface area contributed by atoms with Crippen molar-refractivity contribution in [3.05, 3.63) is 64.6 Å². The summed E-state index contributed by atoms with van der Waals surface area (Å²) >= 11 is 6.70. The molecule has 242 valence electrons. The summed E-state index contributed by atoms with van der Waals surface area (Å²) in [5.41, 5.74) is 2.97. The minimum absolute atomic E-state index is 0.0851. The number of anilines is 2. The van der Waals surface area contributed by atoms with Crippen molar-refractivity contribution in [1.29, 1.82) is 5.26 Å². The van der Waals surface area contributed by atoms with Crippen molar-refractivity contribution >= 4 is 39.8 Å². The van der Waals surface area contributed by atoms with Crippen LogP contribution in [-0.4, -0.2) is 97.7 Å². The number of piperazine rings is 1. The lowest BCUT2D eigenvalue weighted by Crippen LogP contribution is -2.56. The molecule has 2 fully saturated rings. The molecule has 6 rings (SSSR count). The topological polar surface area (TPSA) is 101 Å². The molecular weight excluding hydrogens is 607 g/mol. The van der Waals surface area contributed by atoms with Crippen LogP contribution in [0.5, 0.6) is 6.01 Å². The molecule has 46 heavy (non-hydrogen) atoms. The summed E-state index contributed by atoms with van der Waals surface area (Å²) in [6, 6.07) is 14.5. The Kier molecular flexibility index (Phi) is 9.87. The van der Waals surface area contributed by atoms with Gasteiger partial charge >= 0.3 is 6.01 Å². The summed E-state index contributed by atoms with van der Waals surface area (Å²) in [5, 5.41) is 15.3. The van der Waals surface area contributed by atoms with Crippen LogP contribution < -0.4 is 19.9 Å². The molecule has 0 saturated carbocycles. The Hall–Kier alpha value is -3.98. The van der Waals surface area contributed by atoms with Crippen molar-refractivity contribution in [1.82, 2.24) is 25.1 Å². The number of rotatable bonds is 9. The Balaban J connectivity index is 1.31. The van der Waals surface area contributed by atoms with Gasteiger partial charge in [-0.25, -0.2) is 4.39 Å². The molecule has 3 aliphatic rings. The van der Waals surface area contributed by atoms with Crippen LogP contribution in [0, 0.1) is 11.3 Å². The normalized spacial score (nSPS) is 20.6. The Morgan fingerprint density at radius 2 is 1.98 bits per heavy atom. The number of likely N-dealkylation sites (tertiary alicyclic amines) is 1. The van der Waals surface area contributed by atoms with Crippen LogP contribution in [0.25, 0.3) is 10.8 Å². The smallest absolute Gasteiger partial charge is 0.318 e. The standard InChI is InChI=1S/C34H40ClFN8O2/c1-38-15-12-28(36)33(45)44-19-18-43(20-24(44)11-14-37)32-26-13-17-42(30-10-4-7-23-6-3-9-27(35)31(23)30)21-29(26)39-34(40-32)46-22-25-8-5-16-41(25)2/h3-4,6-7,9-10,12,24-25,38H,5,8,11,13,15-22H2,1-2H3/b28-12+/t24-,25-/m0/s1. The molecule has 0 aliphatic carbocycles. The lowest BCUT2D eigenvalue weighted by molar-refractivity contribution is -0.131. The van der Waals surface area contributed by atoms with E-state index in [2.05, 4.69) is 57.4 Å². The summed E-state index contributed by atoms with van der Waals surface area (Å²) in [6.45, 7) is 4.15. The second-order valence-corrected chi connectivity index (χ2v) is 12.6. The molecule has 2 aromatic carbocycles. The first-order chi connectivity index (χ1) is 22.4. The summed E-state index contributed by atoms with van der Waals surface area (Å²) < 4.78 is 21.0. The zero-order valence-electron chi connectivity index (χ0n) is 26.4. The Labute approximate surface area is 274 Å². The molecule has 1 aromatic heterocycles. The lowest BCUT2D eigenvalue weighted by Gasteiger charge is -2.42. The maximum Gasteiger partial charge on any atom is 0.318 e. The van der Waals surface area contributed by atoms with Gasteiger partial charge in [0.2, 0.25) is 0 Å². The maximum atomic E-state index is 14.7. The van der Waals surface area contributed by atoms with Crippen LogP contribution in [0.4, 0.5) is 15.9 Å². The molecule has 3 aromatic rings. The van der Waals surface area contributed by atoms with E-state index >= 15 is 0 Å². The van der Waals surface area contributed by atoms with Gasteiger partial charge in [0.1, 0.15) is 12.4 Å². The third kappa shape index (κ3) is 6.61. The first-order valence-electron chi connectivity index (χ1n) is 16.0. The third-order valence-electron chi connectivity index (χ3n) is 9.33. The number of likely N-dealkylation sites (N-methyl/N-ethyl adjacent to an activating group) is 2. The van der Waals surface area contributed by atoms with E-state index in [-0.39, 0.29) is 19.5 Å². The van der Waals surface area contributed by atoms with Crippen LogP contribution in [0.2, 0.25) is 5.02 Å². The zero-order chi connectivity index (χ0) is 32.2. The van der Waals surface area contributed by atoms with Gasteiger partial charge in [0, 0.05) is 55.4 Å². The van der Waals surface area contributed by atoms with Crippen molar-refractivity contribution in [2.75, 3.05) is 69.8 Å². The number of amides is 1. The number of carbonyl (C=O) groups excluding carboxylic acids is 1. The van der Waals surface area contributed by atoms with Crippen molar-refractivity contribution in [2.24, 2.45) is 0 Å². The second-order valence-electron chi connectivity index (χ2n) is 12.2. The third-order valence-corrected chi connectivity index (χ3v) is 9.65. The molecule has 1 amide bonds. The highest BCUT2D eigenvalue weighted by Gasteiger charge is 2.35. The van der Waals surface area contributed by atoms with Gasteiger partial charge in [-0.2, -0.15) is 15.2 Å². The van der Waals surface area contributed by atoms with Gasteiger partial charge in [-0.3, -0.25) is 4.79 Å². The van der Waals surface area contributed by atoms with Gasteiger partial charge < -0.3 is 29.7 Å². The van der Waals surface area contributed by atoms with Gasteiger partial charge in [-0.15, -0.1) is 0 Å². The van der Waals surface area contributed by atoms with E-state index in [4.69, 9.17) is 26.3 Å².